The normalized spacial score (nSPS) is 11.1. The van der Waals surface area contributed by atoms with Crippen LogP contribution >= 0.6 is 11.6 Å². The maximum atomic E-state index is 12.6. The lowest BCUT2D eigenvalue weighted by Crippen LogP contribution is -2.42. The third-order valence-electron chi connectivity index (χ3n) is 4.02. The molecule has 2 rings (SSSR count). The van der Waals surface area contributed by atoms with Crippen molar-refractivity contribution in [1.82, 2.24) is 15.4 Å². The molecule has 2 aromatic rings. The van der Waals surface area contributed by atoms with E-state index in [2.05, 4.69) is 10.0 Å². The molecule has 0 spiro atoms. The number of halogens is 1. The van der Waals surface area contributed by atoms with Gasteiger partial charge in [-0.3, -0.25) is 10.1 Å². The minimum absolute atomic E-state index is 0.0349. The highest BCUT2D eigenvalue weighted by Gasteiger charge is 2.21. The van der Waals surface area contributed by atoms with E-state index in [1.165, 1.54) is 12.1 Å². The Morgan fingerprint density at radius 2 is 1.75 bits per heavy atom. The summed E-state index contributed by atoms with van der Waals surface area (Å²) in [7, 11) is -4.03. The second-order valence-electron chi connectivity index (χ2n) is 7.18. The van der Waals surface area contributed by atoms with Crippen molar-refractivity contribution in [3.05, 3.63) is 64.7 Å². The molecule has 0 heterocycles. The van der Waals surface area contributed by atoms with Gasteiger partial charge in [-0.15, -0.1) is 0 Å². The first-order valence-corrected chi connectivity index (χ1v) is 11.5. The third kappa shape index (κ3) is 7.95. The number of carbonyl (C=O) groups excluding carboxylic acids is 3. The van der Waals surface area contributed by atoms with E-state index in [1.54, 1.807) is 24.3 Å². The third-order valence-corrected chi connectivity index (χ3v) is 5.91. The minimum atomic E-state index is -4.03. The van der Waals surface area contributed by atoms with Crippen LogP contribution in [-0.2, 0) is 26.1 Å². The molecule has 0 unspecified atom stereocenters. The number of nitrogens with one attached hydrogen (secondary N) is 3. The molecule has 0 aliphatic carbocycles. The van der Waals surface area contributed by atoms with Crippen LogP contribution in [0, 0.1) is 5.92 Å². The van der Waals surface area contributed by atoms with Gasteiger partial charge in [0.2, 0.25) is 10.0 Å². The van der Waals surface area contributed by atoms with Gasteiger partial charge in [-0.1, -0.05) is 55.8 Å². The summed E-state index contributed by atoms with van der Waals surface area (Å²) in [6.45, 7) is 3.47. The molecule has 0 radical (unpaired) electrons. The maximum absolute atomic E-state index is 12.6. The summed E-state index contributed by atoms with van der Waals surface area (Å²) in [5.41, 5.74) is 0.623. The number of hydrogen-bond acceptors (Lipinski definition) is 6. The Kier molecular flexibility index (Phi) is 9.18. The standard InChI is InChI=1S/C21H24ClN3O6S/c1-14(2)11-23-21(28)25-19(26)13-31-20(27)16-8-9-17(22)18(10-16)32(29,30)24-12-15-6-4-3-5-7-15/h3-10,14,24H,11-13H2,1-2H3,(H2,23,25,26,28). The van der Waals surface area contributed by atoms with Gasteiger partial charge in [0.05, 0.1) is 10.6 Å². The Bertz CT molecular complexity index is 1070. The van der Waals surface area contributed by atoms with Gasteiger partial charge in [0.15, 0.2) is 6.61 Å². The lowest BCUT2D eigenvalue weighted by molar-refractivity contribution is -0.123. The van der Waals surface area contributed by atoms with Crippen molar-refractivity contribution in [3.8, 4) is 0 Å². The predicted octanol–water partition coefficient (Wildman–Crippen LogP) is 2.46. The van der Waals surface area contributed by atoms with Gasteiger partial charge in [0.25, 0.3) is 5.91 Å². The average Bonchev–Trinajstić information content (AvgIpc) is 2.75. The molecule has 0 fully saturated rings. The highest BCUT2D eigenvalue weighted by atomic mass is 35.5. The van der Waals surface area contributed by atoms with E-state index in [1.807, 2.05) is 25.2 Å². The summed E-state index contributed by atoms with van der Waals surface area (Å²) >= 11 is 6.02. The predicted molar refractivity (Wildman–Crippen MR) is 119 cm³/mol. The lowest BCUT2D eigenvalue weighted by Gasteiger charge is -2.11. The average molecular weight is 482 g/mol. The van der Waals surface area contributed by atoms with E-state index >= 15 is 0 Å². The van der Waals surface area contributed by atoms with Gasteiger partial charge in [-0.2, -0.15) is 0 Å². The van der Waals surface area contributed by atoms with Crippen LogP contribution in [-0.4, -0.2) is 39.5 Å². The van der Waals surface area contributed by atoms with Crippen molar-refractivity contribution in [1.29, 1.82) is 0 Å². The zero-order valence-corrected chi connectivity index (χ0v) is 19.1. The van der Waals surface area contributed by atoms with Crippen molar-refractivity contribution in [3.63, 3.8) is 0 Å². The van der Waals surface area contributed by atoms with Crippen LogP contribution < -0.4 is 15.4 Å². The van der Waals surface area contributed by atoms with Gasteiger partial charge in [0, 0.05) is 13.1 Å². The molecule has 11 heteroatoms. The topological polar surface area (TPSA) is 131 Å². The minimum Gasteiger partial charge on any atom is -0.452 e. The van der Waals surface area contributed by atoms with Gasteiger partial charge < -0.3 is 10.1 Å². The Morgan fingerprint density at radius 3 is 2.41 bits per heavy atom. The molecule has 172 valence electrons. The number of esters is 1. The van der Waals surface area contributed by atoms with E-state index in [-0.39, 0.29) is 27.9 Å². The Morgan fingerprint density at radius 1 is 1.06 bits per heavy atom. The summed E-state index contributed by atoms with van der Waals surface area (Å²) in [5.74, 6) is -1.57. The lowest BCUT2D eigenvalue weighted by atomic mass is 10.2. The van der Waals surface area contributed by atoms with Gasteiger partial charge in [0.1, 0.15) is 4.90 Å². The molecule has 2 aromatic carbocycles. The molecule has 0 aliphatic rings. The smallest absolute Gasteiger partial charge is 0.338 e. The van der Waals surface area contributed by atoms with Crippen LogP contribution in [0.25, 0.3) is 0 Å². The molecule has 32 heavy (non-hydrogen) atoms. The monoisotopic (exact) mass is 481 g/mol. The van der Waals surface area contributed by atoms with Crippen molar-refractivity contribution >= 4 is 39.5 Å². The Balaban J connectivity index is 1.99. The van der Waals surface area contributed by atoms with E-state index in [0.717, 1.165) is 11.6 Å². The summed E-state index contributed by atoms with van der Waals surface area (Å²) < 4.78 is 32.6. The molecule has 0 saturated carbocycles. The number of ether oxygens (including phenoxy) is 1. The number of carbonyl (C=O) groups is 3. The second kappa shape index (κ2) is 11.6. The van der Waals surface area contributed by atoms with Crippen LogP contribution in [0.2, 0.25) is 5.02 Å². The fourth-order valence-electron chi connectivity index (χ4n) is 2.41. The van der Waals surface area contributed by atoms with E-state index in [0.29, 0.717) is 6.54 Å². The maximum Gasteiger partial charge on any atom is 0.338 e. The highest BCUT2D eigenvalue weighted by molar-refractivity contribution is 7.89. The molecular formula is C21H24ClN3O6S. The first kappa shape index (κ1) is 25.3. The van der Waals surface area contributed by atoms with E-state index in [4.69, 9.17) is 16.3 Å². The summed E-state index contributed by atoms with van der Waals surface area (Å²) in [6, 6.07) is 11.7. The van der Waals surface area contributed by atoms with Crippen LogP contribution in [0.3, 0.4) is 0 Å². The van der Waals surface area contributed by atoms with Gasteiger partial charge in [-0.25, -0.2) is 22.7 Å². The molecule has 3 amide bonds. The number of hydrogen-bond donors (Lipinski definition) is 3. The molecular weight excluding hydrogens is 458 g/mol. The zero-order chi connectivity index (χ0) is 23.7. The first-order chi connectivity index (χ1) is 15.1. The largest absolute Gasteiger partial charge is 0.452 e. The number of sulfonamides is 1. The Hall–Kier alpha value is -2.95. The number of imide groups is 1. The van der Waals surface area contributed by atoms with Crippen LogP contribution in [0.15, 0.2) is 53.4 Å². The molecule has 0 atom stereocenters. The SMILES string of the molecule is CC(C)CNC(=O)NC(=O)COC(=O)c1ccc(Cl)c(S(=O)(=O)NCc2ccccc2)c1. The molecule has 0 saturated heterocycles. The van der Waals surface area contributed by atoms with Crippen LogP contribution in [0.1, 0.15) is 29.8 Å². The quantitative estimate of drug-likeness (QED) is 0.471. The molecule has 0 aromatic heterocycles. The molecule has 9 nitrogen and oxygen atoms in total. The van der Waals surface area contributed by atoms with Crippen LogP contribution in [0.5, 0.6) is 0 Å². The number of rotatable bonds is 9. The molecule has 0 bridgehead atoms. The van der Waals surface area contributed by atoms with Gasteiger partial charge >= 0.3 is 12.0 Å². The number of amides is 3. The van der Waals surface area contributed by atoms with Crippen LogP contribution in [0.4, 0.5) is 4.79 Å². The summed E-state index contributed by atoms with van der Waals surface area (Å²) in [5, 5.41) is 4.43. The highest BCUT2D eigenvalue weighted by Crippen LogP contribution is 2.23. The van der Waals surface area contributed by atoms with E-state index in [9.17, 15) is 22.8 Å². The van der Waals surface area contributed by atoms with Crippen molar-refractivity contribution in [2.75, 3.05) is 13.2 Å². The fourth-order valence-corrected chi connectivity index (χ4v) is 3.95. The number of benzene rings is 2. The summed E-state index contributed by atoms with van der Waals surface area (Å²) in [4.78, 5) is 35.3. The zero-order valence-electron chi connectivity index (χ0n) is 17.6. The molecule has 0 aliphatic heterocycles. The summed E-state index contributed by atoms with van der Waals surface area (Å²) in [6.07, 6.45) is 0. The number of urea groups is 1. The molecule has 3 N–H and O–H groups in total. The Labute approximate surface area is 191 Å². The van der Waals surface area contributed by atoms with Crippen molar-refractivity contribution in [2.45, 2.75) is 25.3 Å². The van der Waals surface area contributed by atoms with E-state index < -0.39 is 34.5 Å². The second-order valence-corrected chi connectivity index (χ2v) is 9.33. The first-order valence-electron chi connectivity index (χ1n) is 9.66. The van der Waals surface area contributed by atoms with Crippen molar-refractivity contribution in [2.24, 2.45) is 5.92 Å². The van der Waals surface area contributed by atoms with Crippen molar-refractivity contribution < 1.29 is 27.5 Å². The van der Waals surface area contributed by atoms with Gasteiger partial charge in [-0.05, 0) is 29.7 Å². The fraction of sp³-hybridized carbons (Fsp3) is 0.286.